The van der Waals surface area contributed by atoms with Crippen molar-refractivity contribution in [3.8, 4) is 6.07 Å². The van der Waals surface area contributed by atoms with Gasteiger partial charge in [0.05, 0.1) is 12.5 Å². The second-order valence-corrected chi connectivity index (χ2v) is 3.64. The van der Waals surface area contributed by atoms with E-state index >= 15 is 0 Å². The third-order valence-electron chi connectivity index (χ3n) is 2.73. The van der Waals surface area contributed by atoms with E-state index in [1.807, 2.05) is 0 Å². The maximum absolute atomic E-state index is 8.53. The summed E-state index contributed by atoms with van der Waals surface area (Å²) in [7, 11) is 0. The Kier molecular flexibility index (Phi) is 3.55. The van der Waals surface area contributed by atoms with Gasteiger partial charge in [0.1, 0.15) is 0 Å². The van der Waals surface area contributed by atoms with Crippen LogP contribution in [0.15, 0.2) is 0 Å². The van der Waals surface area contributed by atoms with Crippen LogP contribution in [0.25, 0.3) is 0 Å². The molecule has 1 rings (SSSR count). The highest BCUT2D eigenvalue weighted by molar-refractivity contribution is 4.95. The summed E-state index contributed by atoms with van der Waals surface area (Å²) in [6.07, 6.45) is 4.32. The van der Waals surface area contributed by atoms with E-state index in [-0.39, 0.29) is 0 Å². The van der Waals surface area contributed by atoms with Gasteiger partial charge in [-0.1, -0.05) is 20.3 Å². The summed E-state index contributed by atoms with van der Waals surface area (Å²) in [6, 6.07) is 3.37. The van der Waals surface area contributed by atoms with Gasteiger partial charge in [0.2, 0.25) is 0 Å². The fraction of sp³-hybridized carbons (Fsp3) is 0.900. The Labute approximate surface area is 75.0 Å². The molecule has 2 nitrogen and oxygen atoms in total. The molecule has 0 aliphatic heterocycles. The van der Waals surface area contributed by atoms with Gasteiger partial charge in [-0.2, -0.15) is 5.26 Å². The molecule has 1 fully saturated rings. The summed E-state index contributed by atoms with van der Waals surface area (Å²) in [5, 5.41) is 12.1. The van der Waals surface area contributed by atoms with Gasteiger partial charge in [0.15, 0.2) is 0 Å². The Morgan fingerprint density at radius 1 is 1.58 bits per heavy atom. The first-order chi connectivity index (χ1) is 5.81. The van der Waals surface area contributed by atoms with E-state index in [2.05, 4.69) is 25.2 Å². The molecule has 1 aliphatic rings. The van der Waals surface area contributed by atoms with Crippen molar-refractivity contribution in [3.63, 3.8) is 0 Å². The Balaban J connectivity index is 2.17. The normalized spacial score (nSPS) is 29.4. The monoisotopic (exact) mass is 166 g/mol. The number of hydrogen-bond donors (Lipinski definition) is 1. The molecule has 1 N–H and O–H groups in total. The topological polar surface area (TPSA) is 35.8 Å². The molecule has 0 aromatic heterocycles. The third kappa shape index (κ3) is 2.49. The first kappa shape index (κ1) is 9.54. The fourth-order valence-corrected chi connectivity index (χ4v) is 1.64. The van der Waals surface area contributed by atoms with Crippen LogP contribution in [0.3, 0.4) is 0 Å². The molecule has 0 aromatic carbocycles. The molecule has 0 saturated heterocycles. The Bertz CT molecular complexity index is 171. The molecule has 0 amide bonds. The van der Waals surface area contributed by atoms with Gasteiger partial charge in [0, 0.05) is 12.1 Å². The molecule has 0 aromatic rings. The minimum absolute atomic E-state index is 0.427. The Hall–Kier alpha value is -0.550. The molecule has 68 valence electrons. The van der Waals surface area contributed by atoms with E-state index in [1.165, 1.54) is 12.8 Å². The number of hydrogen-bond acceptors (Lipinski definition) is 2. The third-order valence-corrected chi connectivity index (χ3v) is 2.73. The zero-order chi connectivity index (χ0) is 8.97. The molecule has 0 heterocycles. The van der Waals surface area contributed by atoms with E-state index in [0.717, 1.165) is 12.3 Å². The molecule has 0 radical (unpaired) electrons. The average molecular weight is 166 g/mol. The molecular formula is C10H18N2. The molecule has 1 saturated carbocycles. The standard InChI is InChI=1S/C10H18N2/c1-3-8-7-10(8)12-9(4-2)5-6-11/h8-10,12H,3-5,7H2,1-2H3. The lowest BCUT2D eigenvalue weighted by molar-refractivity contribution is 0.483. The summed E-state index contributed by atoms with van der Waals surface area (Å²) in [4.78, 5) is 0. The molecule has 1 aliphatic carbocycles. The van der Waals surface area contributed by atoms with Gasteiger partial charge in [-0.3, -0.25) is 0 Å². The van der Waals surface area contributed by atoms with E-state index in [0.29, 0.717) is 18.5 Å². The largest absolute Gasteiger partial charge is 0.310 e. The van der Waals surface area contributed by atoms with E-state index in [1.54, 1.807) is 0 Å². The lowest BCUT2D eigenvalue weighted by atomic mass is 10.1. The second kappa shape index (κ2) is 4.47. The summed E-state index contributed by atoms with van der Waals surface area (Å²) in [5.41, 5.74) is 0. The summed E-state index contributed by atoms with van der Waals surface area (Å²) in [5.74, 6) is 0.887. The first-order valence-corrected chi connectivity index (χ1v) is 4.94. The maximum atomic E-state index is 8.53. The quantitative estimate of drug-likeness (QED) is 0.678. The van der Waals surface area contributed by atoms with Gasteiger partial charge in [0.25, 0.3) is 0 Å². The van der Waals surface area contributed by atoms with Crippen molar-refractivity contribution in [2.75, 3.05) is 0 Å². The van der Waals surface area contributed by atoms with Crippen LogP contribution >= 0.6 is 0 Å². The second-order valence-electron chi connectivity index (χ2n) is 3.64. The predicted octanol–water partition coefficient (Wildman–Crippen LogP) is 2.07. The first-order valence-electron chi connectivity index (χ1n) is 4.94. The minimum atomic E-state index is 0.427. The predicted molar refractivity (Wildman–Crippen MR) is 49.6 cm³/mol. The lowest BCUT2D eigenvalue weighted by Crippen LogP contribution is -2.30. The summed E-state index contributed by atoms with van der Waals surface area (Å²) < 4.78 is 0. The number of rotatable bonds is 5. The van der Waals surface area contributed by atoms with Crippen LogP contribution < -0.4 is 5.32 Å². The molecule has 12 heavy (non-hydrogen) atoms. The minimum Gasteiger partial charge on any atom is -0.310 e. The summed E-state index contributed by atoms with van der Waals surface area (Å²) >= 11 is 0. The van der Waals surface area contributed by atoms with Crippen LogP contribution in [0, 0.1) is 17.2 Å². The van der Waals surface area contributed by atoms with Crippen LogP contribution in [0.4, 0.5) is 0 Å². The van der Waals surface area contributed by atoms with Crippen LogP contribution in [-0.4, -0.2) is 12.1 Å². The van der Waals surface area contributed by atoms with Gasteiger partial charge < -0.3 is 5.32 Å². The van der Waals surface area contributed by atoms with Crippen LogP contribution in [0.1, 0.15) is 39.5 Å². The van der Waals surface area contributed by atoms with Gasteiger partial charge in [-0.05, 0) is 18.8 Å². The lowest BCUT2D eigenvalue weighted by Gasteiger charge is -2.12. The summed E-state index contributed by atoms with van der Waals surface area (Å²) in [6.45, 7) is 4.37. The van der Waals surface area contributed by atoms with Crippen molar-refractivity contribution in [3.05, 3.63) is 0 Å². The van der Waals surface area contributed by atoms with Crippen molar-refractivity contribution in [1.29, 1.82) is 5.26 Å². The van der Waals surface area contributed by atoms with Gasteiger partial charge >= 0.3 is 0 Å². The van der Waals surface area contributed by atoms with Crippen LogP contribution in [-0.2, 0) is 0 Å². The average Bonchev–Trinajstić information content (AvgIpc) is 2.82. The smallest absolute Gasteiger partial charge is 0.0638 e. The van der Waals surface area contributed by atoms with Crippen molar-refractivity contribution < 1.29 is 0 Å². The highest BCUT2D eigenvalue weighted by Gasteiger charge is 2.35. The molecule has 0 spiro atoms. The zero-order valence-corrected chi connectivity index (χ0v) is 8.01. The molecule has 0 bridgehead atoms. The molecule has 3 atom stereocenters. The number of nitrogens with one attached hydrogen (secondary N) is 1. The SMILES string of the molecule is CCC(CC#N)NC1CC1CC. The Morgan fingerprint density at radius 3 is 2.75 bits per heavy atom. The van der Waals surface area contributed by atoms with Crippen LogP contribution in [0.5, 0.6) is 0 Å². The van der Waals surface area contributed by atoms with Crippen molar-refractivity contribution in [2.45, 2.75) is 51.6 Å². The van der Waals surface area contributed by atoms with Crippen molar-refractivity contribution >= 4 is 0 Å². The fourth-order valence-electron chi connectivity index (χ4n) is 1.64. The van der Waals surface area contributed by atoms with Gasteiger partial charge in [-0.15, -0.1) is 0 Å². The van der Waals surface area contributed by atoms with E-state index in [9.17, 15) is 0 Å². The van der Waals surface area contributed by atoms with Crippen LogP contribution in [0.2, 0.25) is 0 Å². The molecule has 2 heteroatoms. The molecule has 3 unspecified atom stereocenters. The highest BCUT2D eigenvalue weighted by Crippen LogP contribution is 2.33. The zero-order valence-electron chi connectivity index (χ0n) is 8.01. The maximum Gasteiger partial charge on any atom is 0.0638 e. The van der Waals surface area contributed by atoms with Crippen molar-refractivity contribution in [1.82, 2.24) is 5.32 Å². The Morgan fingerprint density at radius 2 is 2.33 bits per heavy atom. The highest BCUT2D eigenvalue weighted by atomic mass is 15.0. The number of nitrogens with zero attached hydrogens (tertiary/aromatic N) is 1. The van der Waals surface area contributed by atoms with Gasteiger partial charge in [-0.25, -0.2) is 0 Å². The van der Waals surface area contributed by atoms with E-state index in [4.69, 9.17) is 5.26 Å². The van der Waals surface area contributed by atoms with Crippen molar-refractivity contribution in [2.24, 2.45) is 5.92 Å². The molecular weight excluding hydrogens is 148 g/mol. The van der Waals surface area contributed by atoms with E-state index < -0.39 is 0 Å². The number of nitriles is 1.